The van der Waals surface area contributed by atoms with Crippen LogP contribution in [-0.2, 0) is 16.6 Å². The first kappa shape index (κ1) is 18.6. The maximum atomic E-state index is 12.8. The van der Waals surface area contributed by atoms with Gasteiger partial charge in [-0.25, -0.2) is 13.1 Å². The zero-order chi connectivity index (χ0) is 19.6. The molecule has 1 N–H and O–H groups in total. The minimum Gasteiger partial charge on any atom is -0.288 e. The molecule has 0 spiro atoms. The smallest absolute Gasteiger partial charge is 0.241 e. The monoisotopic (exact) mass is 407 g/mol. The van der Waals surface area contributed by atoms with E-state index in [2.05, 4.69) is 4.72 Å². The molecule has 4 nitrogen and oxygen atoms in total. The molecule has 0 bridgehead atoms. The lowest BCUT2D eigenvalue weighted by molar-refractivity contribution is 0.104. The van der Waals surface area contributed by atoms with E-state index >= 15 is 0 Å². The fourth-order valence-corrected chi connectivity index (χ4v) is 5.24. The molecule has 0 aliphatic heterocycles. The van der Waals surface area contributed by atoms with Gasteiger partial charge in [0.05, 0.1) is 9.77 Å². The maximum Gasteiger partial charge on any atom is 0.241 e. The molecule has 4 rings (SSSR count). The average molecular weight is 408 g/mol. The molecule has 0 amide bonds. The van der Waals surface area contributed by atoms with Gasteiger partial charge in [-0.3, -0.25) is 4.79 Å². The van der Waals surface area contributed by atoms with Crippen molar-refractivity contribution in [3.8, 4) is 0 Å². The van der Waals surface area contributed by atoms with E-state index in [1.807, 2.05) is 42.5 Å². The summed E-state index contributed by atoms with van der Waals surface area (Å²) in [6.45, 7) is 0.137. The number of ketones is 1. The fourth-order valence-electron chi connectivity index (χ4n) is 3.00. The van der Waals surface area contributed by atoms with E-state index in [1.54, 1.807) is 42.5 Å². The van der Waals surface area contributed by atoms with Crippen LogP contribution in [-0.4, -0.2) is 14.2 Å². The molecule has 0 unspecified atom stereocenters. The van der Waals surface area contributed by atoms with Gasteiger partial charge in [-0.15, -0.1) is 11.3 Å². The fraction of sp³-hybridized carbons (Fsp3) is 0.0455. The maximum absolute atomic E-state index is 12.8. The summed E-state index contributed by atoms with van der Waals surface area (Å²) >= 11 is 1.30. The number of carbonyl (C=O) groups excluding carboxylic acids is 1. The van der Waals surface area contributed by atoms with Gasteiger partial charge >= 0.3 is 0 Å². The van der Waals surface area contributed by atoms with E-state index in [0.29, 0.717) is 15.8 Å². The Hall–Kier alpha value is -2.80. The number of thiophene rings is 1. The second-order valence-electron chi connectivity index (χ2n) is 6.26. The van der Waals surface area contributed by atoms with Gasteiger partial charge in [0.25, 0.3) is 0 Å². The Balaban J connectivity index is 1.53. The second kappa shape index (κ2) is 7.67. The molecule has 28 heavy (non-hydrogen) atoms. The van der Waals surface area contributed by atoms with Gasteiger partial charge in [-0.1, -0.05) is 66.7 Å². The largest absolute Gasteiger partial charge is 0.288 e. The molecular weight excluding hydrogens is 390 g/mol. The molecule has 0 saturated carbocycles. The van der Waals surface area contributed by atoms with Crippen LogP contribution in [0.2, 0.25) is 0 Å². The Morgan fingerprint density at radius 1 is 0.821 bits per heavy atom. The molecule has 0 atom stereocenters. The van der Waals surface area contributed by atoms with Crippen molar-refractivity contribution < 1.29 is 13.2 Å². The van der Waals surface area contributed by atoms with Gasteiger partial charge in [0.1, 0.15) is 0 Å². The minimum absolute atomic E-state index is 0.0613. The second-order valence-corrected chi connectivity index (χ2v) is 9.17. The van der Waals surface area contributed by atoms with Crippen LogP contribution in [0.1, 0.15) is 20.1 Å². The van der Waals surface area contributed by atoms with Crippen LogP contribution in [0.5, 0.6) is 0 Å². The topological polar surface area (TPSA) is 63.2 Å². The van der Waals surface area contributed by atoms with Crippen LogP contribution in [0.15, 0.2) is 89.8 Å². The number of sulfonamides is 1. The van der Waals surface area contributed by atoms with Gasteiger partial charge in [-0.05, 0) is 23.6 Å². The van der Waals surface area contributed by atoms with Crippen molar-refractivity contribution >= 4 is 37.9 Å². The molecule has 0 radical (unpaired) electrons. The minimum atomic E-state index is -3.68. The van der Waals surface area contributed by atoms with E-state index in [9.17, 15) is 13.2 Å². The first-order valence-electron chi connectivity index (χ1n) is 8.70. The Labute approximate surface area is 167 Å². The Morgan fingerprint density at radius 2 is 1.54 bits per heavy atom. The van der Waals surface area contributed by atoms with Crippen molar-refractivity contribution in [3.05, 3.63) is 100 Å². The summed E-state index contributed by atoms with van der Waals surface area (Å²) in [6.07, 6.45) is 0. The zero-order valence-electron chi connectivity index (χ0n) is 14.8. The van der Waals surface area contributed by atoms with Crippen LogP contribution in [0.4, 0.5) is 0 Å². The van der Waals surface area contributed by atoms with Crippen molar-refractivity contribution in [2.45, 2.75) is 11.4 Å². The van der Waals surface area contributed by atoms with E-state index in [1.165, 1.54) is 11.3 Å². The first-order valence-corrected chi connectivity index (χ1v) is 11.0. The summed E-state index contributed by atoms with van der Waals surface area (Å²) in [5.74, 6) is -0.0613. The van der Waals surface area contributed by atoms with E-state index in [0.717, 1.165) is 10.3 Å². The summed E-state index contributed by atoms with van der Waals surface area (Å²) in [6, 6.07) is 25.2. The molecule has 0 fully saturated rings. The molecule has 0 aliphatic rings. The number of nitrogens with one attached hydrogen (secondary N) is 1. The van der Waals surface area contributed by atoms with Crippen molar-refractivity contribution in [2.75, 3.05) is 0 Å². The molecule has 4 aromatic rings. The van der Waals surface area contributed by atoms with E-state index < -0.39 is 10.0 Å². The predicted octanol–water partition coefficient (Wildman–Crippen LogP) is 4.61. The van der Waals surface area contributed by atoms with Crippen molar-refractivity contribution in [3.63, 3.8) is 0 Å². The molecule has 6 heteroatoms. The van der Waals surface area contributed by atoms with Gasteiger partial charge < -0.3 is 0 Å². The number of carbonyl (C=O) groups is 1. The number of hydrogen-bond acceptors (Lipinski definition) is 4. The highest BCUT2D eigenvalue weighted by molar-refractivity contribution is 7.89. The highest BCUT2D eigenvalue weighted by atomic mass is 32.2. The van der Waals surface area contributed by atoms with Crippen LogP contribution in [0, 0.1) is 0 Å². The SMILES string of the molecule is O=C(c1ccccc1)c1ccc(CNS(=O)(=O)c2cccc3ccccc23)s1. The lowest BCUT2D eigenvalue weighted by Crippen LogP contribution is -2.23. The van der Waals surface area contributed by atoms with Crippen LogP contribution in [0.25, 0.3) is 10.8 Å². The molecule has 140 valence electrons. The van der Waals surface area contributed by atoms with Gasteiger partial charge in [0, 0.05) is 22.4 Å². The third-order valence-electron chi connectivity index (χ3n) is 4.40. The molecule has 0 aliphatic carbocycles. The Kier molecular flexibility index (Phi) is 5.09. The third-order valence-corrected chi connectivity index (χ3v) is 6.94. The van der Waals surface area contributed by atoms with Gasteiger partial charge in [-0.2, -0.15) is 0 Å². The molecular formula is C22H17NO3S2. The van der Waals surface area contributed by atoms with Crippen molar-refractivity contribution in [2.24, 2.45) is 0 Å². The standard InChI is InChI=1S/C22H17NO3S2/c24-22(17-8-2-1-3-9-17)20-14-13-18(27-20)15-23-28(25,26)21-12-6-10-16-7-4-5-11-19(16)21/h1-14,23H,15H2. The van der Waals surface area contributed by atoms with Crippen LogP contribution < -0.4 is 4.72 Å². The number of rotatable bonds is 6. The summed E-state index contributed by atoms with van der Waals surface area (Å²) in [5.41, 5.74) is 0.618. The normalized spacial score (nSPS) is 11.6. The average Bonchev–Trinajstić information content (AvgIpc) is 3.21. The lowest BCUT2D eigenvalue weighted by Gasteiger charge is -2.09. The Morgan fingerprint density at radius 3 is 2.36 bits per heavy atom. The van der Waals surface area contributed by atoms with Crippen molar-refractivity contribution in [1.29, 1.82) is 0 Å². The summed E-state index contributed by atoms with van der Waals surface area (Å²) < 4.78 is 28.3. The van der Waals surface area contributed by atoms with Crippen LogP contribution in [0.3, 0.4) is 0 Å². The van der Waals surface area contributed by atoms with Gasteiger partial charge in [0.2, 0.25) is 15.8 Å². The van der Waals surface area contributed by atoms with Crippen LogP contribution >= 0.6 is 11.3 Å². The van der Waals surface area contributed by atoms with E-state index in [4.69, 9.17) is 0 Å². The number of fused-ring (bicyclic) bond motifs is 1. The lowest BCUT2D eigenvalue weighted by atomic mass is 10.1. The summed E-state index contributed by atoms with van der Waals surface area (Å²) in [5, 5.41) is 1.56. The highest BCUT2D eigenvalue weighted by Crippen LogP contribution is 2.24. The molecule has 1 aromatic heterocycles. The molecule has 3 aromatic carbocycles. The van der Waals surface area contributed by atoms with E-state index in [-0.39, 0.29) is 17.2 Å². The quantitative estimate of drug-likeness (QED) is 0.475. The number of hydrogen-bond donors (Lipinski definition) is 1. The molecule has 1 heterocycles. The Bertz CT molecular complexity index is 1240. The van der Waals surface area contributed by atoms with Crippen molar-refractivity contribution in [1.82, 2.24) is 4.72 Å². The highest BCUT2D eigenvalue weighted by Gasteiger charge is 2.18. The zero-order valence-corrected chi connectivity index (χ0v) is 16.5. The number of benzene rings is 3. The molecule has 0 saturated heterocycles. The first-order chi connectivity index (χ1) is 13.5. The summed E-state index contributed by atoms with van der Waals surface area (Å²) in [7, 11) is -3.68. The predicted molar refractivity (Wildman–Crippen MR) is 112 cm³/mol. The summed E-state index contributed by atoms with van der Waals surface area (Å²) in [4.78, 5) is 14.1. The third kappa shape index (κ3) is 3.75. The van der Waals surface area contributed by atoms with Gasteiger partial charge in [0.15, 0.2) is 0 Å².